The highest BCUT2D eigenvalue weighted by atomic mass is 16.5. The molecule has 106 valence electrons. The number of benzene rings is 2. The predicted molar refractivity (Wildman–Crippen MR) is 83.4 cm³/mol. The minimum absolute atomic E-state index is 0.753. The van der Waals surface area contributed by atoms with Gasteiger partial charge in [0.15, 0.2) is 0 Å². The Balaban J connectivity index is 1.78. The number of imidazole rings is 1. The molecule has 4 rings (SSSR count). The number of aromatic amines is 1. The summed E-state index contributed by atoms with van der Waals surface area (Å²) >= 11 is 0. The molecule has 0 amide bonds. The van der Waals surface area contributed by atoms with Crippen LogP contribution in [-0.2, 0) is 6.54 Å². The monoisotopic (exact) mass is 279 g/mol. The number of rotatable bonds is 1. The number of H-pyrrole nitrogens is 1. The van der Waals surface area contributed by atoms with Crippen molar-refractivity contribution in [2.75, 3.05) is 20.2 Å². The second kappa shape index (κ2) is 4.90. The van der Waals surface area contributed by atoms with E-state index in [4.69, 9.17) is 4.74 Å². The van der Waals surface area contributed by atoms with Gasteiger partial charge in [-0.2, -0.15) is 0 Å². The third-order valence-electron chi connectivity index (χ3n) is 3.98. The van der Waals surface area contributed by atoms with E-state index in [1.807, 2.05) is 0 Å². The van der Waals surface area contributed by atoms with Gasteiger partial charge in [0, 0.05) is 18.7 Å². The summed E-state index contributed by atoms with van der Waals surface area (Å²) in [4.78, 5) is 9.71. The Bertz CT molecular complexity index is 794. The minimum atomic E-state index is 0.753. The second-order valence-electron chi connectivity index (χ2n) is 5.54. The Labute approximate surface area is 123 Å². The van der Waals surface area contributed by atoms with Gasteiger partial charge in [0.25, 0.3) is 0 Å². The van der Waals surface area contributed by atoms with Gasteiger partial charge in [0.1, 0.15) is 12.4 Å². The van der Waals surface area contributed by atoms with E-state index in [0.29, 0.717) is 0 Å². The van der Waals surface area contributed by atoms with Crippen molar-refractivity contribution in [2.45, 2.75) is 6.54 Å². The van der Waals surface area contributed by atoms with Crippen molar-refractivity contribution in [3.8, 4) is 16.9 Å². The van der Waals surface area contributed by atoms with Crippen molar-refractivity contribution in [2.24, 2.45) is 0 Å². The number of hydrogen-bond acceptors (Lipinski definition) is 3. The van der Waals surface area contributed by atoms with Crippen molar-refractivity contribution in [1.29, 1.82) is 0 Å². The smallest absolute Gasteiger partial charge is 0.123 e. The van der Waals surface area contributed by atoms with Crippen LogP contribution in [0.2, 0.25) is 0 Å². The third-order valence-corrected chi connectivity index (χ3v) is 3.98. The molecule has 1 aliphatic rings. The first-order chi connectivity index (χ1) is 10.3. The Morgan fingerprint density at radius 3 is 2.95 bits per heavy atom. The molecule has 0 spiro atoms. The molecule has 1 N–H and O–H groups in total. The molecule has 1 aromatic heterocycles. The lowest BCUT2D eigenvalue weighted by atomic mass is 10.0. The lowest BCUT2D eigenvalue weighted by Gasteiger charge is -2.12. The van der Waals surface area contributed by atoms with E-state index in [9.17, 15) is 0 Å². The number of aromatic nitrogens is 2. The fraction of sp³-hybridized carbons (Fsp3) is 0.235. The van der Waals surface area contributed by atoms with Crippen LogP contribution in [0.15, 0.2) is 42.7 Å². The molecule has 0 saturated heterocycles. The molecule has 1 aliphatic heterocycles. The van der Waals surface area contributed by atoms with E-state index in [1.165, 1.54) is 16.7 Å². The van der Waals surface area contributed by atoms with Crippen molar-refractivity contribution in [3.05, 3.63) is 48.3 Å². The molecule has 4 heteroatoms. The van der Waals surface area contributed by atoms with E-state index < -0.39 is 0 Å². The van der Waals surface area contributed by atoms with Crippen molar-refractivity contribution in [1.82, 2.24) is 14.9 Å². The van der Waals surface area contributed by atoms with Crippen LogP contribution >= 0.6 is 0 Å². The van der Waals surface area contributed by atoms with Crippen molar-refractivity contribution >= 4 is 11.0 Å². The maximum atomic E-state index is 5.81. The normalized spacial score (nSPS) is 15.5. The summed E-state index contributed by atoms with van der Waals surface area (Å²) in [6.07, 6.45) is 1.73. The first kappa shape index (κ1) is 12.4. The summed E-state index contributed by atoms with van der Waals surface area (Å²) in [5.41, 5.74) is 5.72. The molecule has 0 radical (unpaired) electrons. The summed E-state index contributed by atoms with van der Waals surface area (Å²) in [6.45, 7) is 2.64. The average Bonchev–Trinajstić information content (AvgIpc) is 2.88. The van der Waals surface area contributed by atoms with Gasteiger partial charge >= 0.3 is 0 Å². The van der Waals surface area contributed by atoms with E-state index in [1.54, 1.807) is 6.33 Å². The first-order valence-corrected chi connectivity index (χ1v) is 7.17. The summed E-state index contributed by atoms with van der Waals surface area (Å²) < 4.78 is 5.81. The standard InChI is InChI=1S/C17H17N3O/c1-20-6-7-21-17-5-3-12(8-14(17)10-20)13-2-4-15-16(9-13)19-11-18-15/h2-5,8-9,11H,6-7,10H2,1H3,(H,18,19). The largest absolute Gasteiger partial charge is 0.492 e. The van der Waals surface area contributed by atoms with Crippen LogP contribution in [0.4, 0.5) is 0 Å². The van der Waals surface area contributed by atoms with Crippen LogP contribution < -0.4 is 4.74 Å². The SMILES string of the molecule is CN1CCOc2ccc(-c3ccc4nc[nH]c4c3)cc2C1. The maximum Gasteiger partial charge on any atom is 0.123 e. The molecule has 3 aromatic rings. The maximum absolute atomic E-state index is 5.81. The summed E-state index contributed by atoms with van der Waals surface area (Å²) in [5.74, 6) is 1.01. The quantitative estimate of drug-likeness (QED) is 0.744. The molecular weight excluding hydrogens is 262 g/mol. The van der Waals surface area contributed by atoms with Gasteiger partial charge in [-0.1, -0.05) is 12.1 Å². The number of fused-ring (bicyclic) bond motifs is 2. The van der Waals surface area contributed by atoms with Crippen LogP contribution in [0.25, 0.3) is 22.2 Å². The van der Waals surface area contributed by atoms with Gasteiger partial charge in [-0.15, -0.1) is 0 Å². The van der Waals surface area contributed by atoms with Crippen LogP contribution in [-0.4, -0.2) is 35.1 Å². The van der Waals surface area contributed by atoms with Gasteiger partial charge in [-0.25, -0.2) is 4.98 Å². The molecular formula is C17H17N3O. The van der Waals surface area contributed by atoms with Crippen LogP contribution in [0, 0.1) is 0 Å². The van der Waals surface area contributed by atoms with E-state index in [2.05, 4.69) is 58.3 Å². The summed E-state index contributed by atoms with van der Waals surface area (Å²) in [6, 6.07) is 12.8. The Kier molecular flexibility index (Phi) is 2.89. The van der Waals surface area contributed by atoms with Gasteiger partial charge < -0.3 is 9.72 Å². The Morgan fingerprint density at radius 2 is 2.00 bits per heavy atom. The molecule has 21 heavy (non-hydrogen) atoms. The average molecular weight is 279 g/mol. The van der Waals surface area contributed by atoms with Crippen LogP contribution in [0.1, 0.15) is 5.56 Å². The van der Waals surface area contributed by atoms with E-state index >= 15 is 0 Å². The lowest BCUT2D eigenvalue weighted by Crippen LogP contribution is -2.20. The molecule has 0 unspecified atom stereocenters. The number of ether oxygens (including phenoxy) is 1. The number of nitrogens with one attached hydrogen (secondary N) is 1. The molecule has 0 saturated carbocycles. The molecule has 0 aliphatic carbocycles. The molecule has 2 heterocycles. The number of hydrogen-bond donors (Lipinski definition) is 1. The number of likely N-dealkylation sites (N-methyl/N-ethyl adjacent to an activating group) is 1. The van der Waals surface area contributed by atoms with Crippen molar-refractivity contribution in [3.63, 3.8) is 0 Å². The van der Waals surface area contributed by atoms with Gasteiger partial charge in [0.05, 0.1) is 17.4 Å². The molecule has 2 aromatic carbocycles. The fourth-order valence-electron chi connectivity index (χ4n) is 2.82. The number of nitrogens with zero attached hydrogens (tertiary/aromatic N) is 2. The fourth-order valence-corrected chi connectivity index (χ4v) is 2.82. The van der Waals surface area contributed by atoms with Crippen LogP contribution in [0.3, 0.4) is 0 Å². The van der Waals surface area contributed by atoms with E-state index in [-0.39, 0.29) is 0 Å². The minimum Gasteiger partial charge on any atom is -0.492 e. The summed E-state index contributed by atoms with van der Waals surface area (Å²) in [5, 5.41) is 0. The molecule has 0 atom stereocenters. The van der Waals surface area contributed by atoms with Gasteiger partial charge in [-0.3, -0.25) is 4.90 Å². The third kappa shape index (κ3) is 2.28. The topological polar surface area (TPSA) is 41.1 Å². The second-order valence-corrected chi connectivity index (χ2v) is 5.54. The molecule has 4 nitrogen and oxygen atoms in total. The van der Waals surface area contributed by atoms with Crippen molar-refractivity contribution < 1.29 is 4.74 Å². The van der Waals surface area contributed by atoms with Gasteiger partial charge in [-0.05, 0) is 42.4 Å². The van der Waals surface area contributed by atoms with E-state index in [0.717, 1.165) is 36.5 Å². The highest BCUT2D eigenvalue weighted by molar-refractivity contribution is 5.81. The lowest BCUT2D eigenvalue weighted by molar-refractivity contribution is 0.259. The summed E-state index contributed by atoms with van der Waals surface area (Å²) in [7, 11) is 2.13. The highest BCUT2D eigenvalue weighted by Crippen LogP contribution is 2.30. The Morgan fingerprint density at radius 1 is 1.14 bits per heavy atom. The predicted octanol–water partition coefficient (Wildman–Crippen LogP) is 3.05. The zero-order chi connectivity index (χ0) is 14.2. The zero-order valence-corrected chi connectivity index (χ0v) is 12.0. The first-order valence-electron chi connectivity index (χ1n) is 7.17. The van der Waals surface area contributed by atoms with Crippen LogP contribution in [0.5, 0.6) is 5.75 Å². The zero-order valence-electron chi connectivity index (χ0n) is 12.0. The molecule has 0 fully saturated rings. The molecule has 0 bridgehead atoms. The highest BCUT2D eigenvalue weighted by Gasteiger charge is 2.13. The Hall–Kier alpha value is -2.33. The van der Waals surface area contributed by atoms with Gasteiger partial charge in [0.2, 0.25) is 0 Å².